The van der Waals surface area contributed by atoms with Crippen LogP contribution in [-0.4, -0.2) is 54.5 Å². The number of hydrogen-bond acceptors (Lipinski definition) is 6. The molecule has 1 saturated heterocycles. The van der Waals surface area contributed by atoms with Crippen molar-refractivity contribution < 1.29 is 37.4 Å². The molecule has 166 valence electrons. The molecule has 2 heterocycles. The number of anilines is 1. The molecule has 0 spiro atoms. The summed E-state index contributed by atoms with van der Waals surface area (Å²) in [5.41, 5.74) is 0.247. The number of nitrogens with zero attached hydrogens (tertiary/aromatic N) is 1. The van der Waals surface area contributed by atoms with Crippen LogP contribution in [0.25, 0.3) is 0 Å². The Hall–Kier alpha value is -3.66. The molecule has 0 bridgehead atoms. The zero-order chi connectivity index (χ0) is 22.8. The van der Waals surface area contributed by atoms with Gasteiger partial charge in [-0.25, -0.2) is 13.6 Å². The van der Waals surface area contributed by atoms with E-state index in [0.717, 1.165) is 35.9 Å². The van der Waals surface area contributed by atoms with E-state index < -0.39 is 41.9 Å². The van der Waals surface area contributed by atoms with Gasteiger partial charge in [0.05, 0.1) is 29.3 Å². The van der Waals surface area contributed by atoms with Gasteiger partial charge in [-0.2, -0.15) is 0 Å². The fourth-order valence-electron chi connectivity index (χ4n) is 3.56. The first-order valence-electron chi connectivity index (χ1n) is 9.87. The van der Waals surface area contributed by atoms with Crippen LogP contribution in [0.1, 0.15) is 43.9 Å². The number of halogens is 2. The van der Waals surface area contributed by atoms with Crippen molar-refractivity contribution in [3.05, 3.63) is 64.7 Å². The fraction of sp³-hybridized carbons (Fsp3) is 0.273. The number of esters is 1. The Morgan fingerprint density at radius 1 is 1.06 bits per heavy atom. The monoisotopic (exact) mass is 444 g/mol. The molecule has 1 N–H and O–H groups in total. The van der Waals surface area contributed by atoms with Gasteiger partial charge in [-0.1, -0.05) is 0 Å². The number of carbonyl (C=O) groups is 4. The van der Waals surface area contributed by atoms with Crippen molar-refractivity contribution in [1.82, 2.24) is 4.90 Å². The topological polar surface area (TPSA) is 102 Å². The van der Waals surface area contributed by atoms with Crippen LogP contribution < -0.4 is 5.32 Å². The molecule has 2 aliphatic rings. The van der Waals surface area contributed by atoms with Crippen molar-refractivity contribution >= 4 is 29.4 Å². The number of hydrogen-bond donors (Lipinski definition) is 1. The molecule has 8 nitrogen and oxygen atoms in total. The van der Waals surface area contributed by atoms with E-state index in [4.69, 9.17) is 9.47 Å². The number of fused-ring (bicyclic) bond motifs is 1. The van der Waals surface area contributed by atoms with Gasteiger partial charge in [0.15, 0.2) is 18.2 Å². The first kappa shape index (κ1) is 21.6. The van der Waals surface area contributed by atoms with E-state index in [-0.39, 0.29) is 35.0 Å². The number of carbonyl (C=O) groups excluding carboxylic acids is 4. The lowest BCUT2D eigenvalue weighted by molar-refractivity contribution is -0.119. The maximum Gasteiger partial charge on any atom is 0.338 e. The molecule has 0 aliphatic carbocycles. The summed E-state index contributed by atoms with van der Waals surface area (Å²) in [6, 6.07) is 6.74. The molecule has 0 radical (unpaired) electrons. The largest absolute Gasteiger partial charge is 0.452 e. The van der Waals surface area contributed by atoms with E-state index in [1.165, 1.54) is 18.2 Å². The molecule has 2 aromatic carbocycles. The van der Waals surface area contributed by atoms with E-state index in [1.54, 1.807) is 0 Å². The molecule has 1 fully saturated rings. The van der Waals surface area contributed by atoms with Crippen LogP contribution in [0.5, 0.6) is 0 Å². The minimum absolute atomic E-state index is 0.00192. The van der Waals surface area contributed by atoms with Crippen molar-refractivity contribution in [3.63, 3.8) is 0 Å². The third kappa shape index (κ3) is 4.35. The SMILES string of the molecule is O=C(COC(=O)c1ccc2c(c1)C(=O)N(CC1CCCO1)C2=O)Nc1ccc(F)c(F)c1. The van der Waals surface area contributed by atoms with Gasteiger partial charge in [0.1, 0.15) is 0 Å². The lowest BCUT2D eigenvalue weighted by atomic mass is 10.1. The molecule has 2 aliphatic heterocycles. The second-order valence-electron chi connectivity index (χ2n) is 7.37. The Morgan fingerprint density at radius 3 is 2.56 bits per heavy atom. The van der Waals surface area contributed by atoms with Gasteiger partial charge in [0.25, 0.3) is 17.7 Å². The summed E-state index contributed by atoms with van der Waals surface area (Å²) in [5.74, 6) is -4.82. The predicted molar refractivity (Wildman–Crippen MR) is 106 cm³/mol. The Labute approximate surface area is 181 Å². The molecule has 2 aromatic rings. The minimum atomic E-state index is -1.13. The highest BCUT2D eigenvalue weighted by Gasteiger charge is 2.38. The highest BCUT2D eigenvalue weighted by atomic mass is 19.2. The maximum atomic E-state index is 13.2. The summed E-state index contributed by atoms with van der Waals surface area (Å²) >= 11 is 0. The zero-order valence-corrected chi connectivity index (χ0v) is 16.7. The van der Waals surface area contributed by atoms with Crippen LogP contribution in [0.3, 0.4) is 0 Å². The van der Waals surface area contributed by atoms with Gasteiger partial charge in [0, 0.05) is 18.4 Å². The van der Waals surface area contributed by atoms with Crippen LogP contribution in [0, 0.1) is 11.6 Å². The molecule has 0 saturated carbocycles. The molecule has 1 atom stereocenters. The highest BCUT2D eigenvalue weighted by Crippen LogP contribution is 2.26. The van der Waals surface area contributed by atoms with Gasteiger partial charge in [0.2, 0.25) is 0 Å². The standard InChI is InChI=1S/C22H18F2N2O6/c23-17-6-4-13(9-18(17)24)25-19(27)11-32-22(30)12-3-5-15-16(8-12)21(29)26(20(15)28)10-14-2-1-7-31-14/h3-6,8-9,14H,1-2,7,10-11H2,(H,25,27). The van der Waals surface area contributed by atoms with Gasteiger partial charge < -0.3 is 14.8 Å². The summed E-state index contributed by atoms with van der Waals surface area (Å²) in [6.07, 6.45) is 1.43. The van der Waals surface area contributed by atoms with E-state index in [1.807, 2.05) is 0 Å². The van der Waals surface area contributed by atoms with Gasteiger partial charge in [-0.05, 0) is 43.2 Å². The average molecular weight is 444 g/mol. The molecule has 3 amide bonds. The minimum Gasteiger partial charge on any atom is -0.452 e. The van der Waals surface area contributed by atoms with E-state index in [2.05, 4.69) is 5.32 Å². The third-order valence-electron chi connectivity index (χ3n) is 5.15. The number of amides is 3. The number of nitrogens with one attached hydrogen (secondary N) is 1. The number of rotatable bonds is 6. The number of ether oxygens (including phenoxy) is 2. The first-order valence-corrected chi connectivity index (χ1v) is 9.87. The molecular weight excluding hydrogens is 426 g/mol. The summed E-state index contributed by atoms with van der Waals surface area (Å²) < 4.78 is 36.5. The van der Waals surface area contributed by atoms with Crippen LogP contribution in [0.2, 0.25) is 0 Å². The molecule has 1 unspecified atom stereocenters. The van der Waals surface area contributed by atoms with Gasteiger partial charge in [-0.3, -0.25) is 19.3 Å². The third-order valence-corrected chi connectivity index (χ3v) is 5.15. The van der Waals surface area contributed by atoms with E-state index >= 15 is 0 Å². The first-order chi connectivity index (χ1) is 15.3. The predicted octanol–water partition coefficient (Wildman–Crippen LogP) is 2.54. The molecule has 10 heteroatoms. The summed E-state index contributed by atoms with van der Waals surface area (Å²) in [5, 5.41) is 2.27. The smallest absolute Gasteiger partial charge is 0.338 e. The molecule has 0 aromatic heterocycles. The van der Waals surface area contributed by atoms with E-state index in [9.17, 15) is 28.0 Å². The fourth-order valence-corrected chi connectivity index (χ4v) is 3.56. The average Bonchev–Trinajstić information content (AvgIpc) is 3.37. The van der Waals surface area contributed by atoms with E-state index in [0.29, 0.717) is 6.61 Å². The van der Waals surface area contributed by atoms with Crippen molar-refractivity contribution in [1.29, 1.82) is 0 Å². The summed E-state index contributed by atoms with van der Waals surface area (Å²) in [6.45, 7) is 0.0523. The lowest BCUT2D eigenvalue weighted by Gasteiger charge is -2.17. The summed E-state index contributed by atoms with van der Waals surface area (Å²) in [7, 11) is 0. The van der Waals surface area contributed by atoms with Gasteiger partial charge in [-0.15, -0.1) is 0 Å². The van der Waals surface area contributed by atoms with Crippen LogP contribution in [0.15, 0.2) is 36.4 Å². The van der Waals surface area contributed by atoms with Crippen LogP contribution in [0.4, 0.5) is 14.5 Å². The van der Waals surface area contributed by atoms with Crippen molar-refractivity contribution in [2.24, 2.45) is 0 Å². The Balaban J connectivity index is 1.37. The van der Waals surface area contributed by atoms with Crippen LogP contribution in [-0.2, 0) is 14.3 Å². The molecule has 32 heavy (non-hydrogen) atoms. The van der Waals surface area contributed by atoms with Gasteiger partial charge >= 0.3 is 5.97 Å². The zero-order valence-electron chi connectivity index (χ0n) is 16.7. The quantitative estimate of drug-likeness (QED) is 0.543. The van der Waals surface area contributed by atoms with Crippen molar-refractivity contribution in [2.45, 2.75) is 18.9 Å². The Bertz CT molecular complexity index is 1110. The number of imide groups is 1. The second kappa shape index (κ2) is 8.83. The normalized spacial score (nSPS) is 17.4. The number of benzene rings is 2. The van der Waals surface area contributed by atoms with Crippen molar-refractivity contribution in [2.75, 3.05) is 25.1 Å². The lowest BCUT2D eigenvalue weighted by Crippen LogP contribution is -2.36. The highest BCUT2D eigenvalue weighted by molar-refractivity contribution is 6.22. The van der Waals surface area contributed by atoms with Crippen molar-refractivity contribution in [3.8, 4) is 0 Å². The summed E-state index contributed by atoms with van der Waals surface area (Å²) in [4.78, 5) is 50.5. The Morgan fingerprint density at radius 2 is 1.84 bits per heavy atom. The molecular formula is C22H18F2N2O6. The Kier molecular flexibility index (Phi) is 5.95. The van der Waals surface area contributed by atoms with Crippen LogP contribution >= 0.6 is 0 Å². The second-order valence-corrected chi connectivity index (χ2v) is 7.37. The maximum absolute atomic E-state index is 13.2. The molecule has 4 rings (SSSR count).